The summed E-state index contributed by atoms with van der Waals surface area (Å²) < 4.78 is 40.0. The fourth-order valence-corrected chi connectivity index (χ4v) is 5.96. The van der Waals surface area contributed by atoms with Crippen LogP contribution in [0.2, 0.25) is 0 Å². The van der Waals surface area contributed by atoms with Gasteiger partial charge in [-0.2, -0.15) is 4.31 Å². The summed E-state index contributed by atoms with van der Waals surface area (Å²) in [5, 5.41) is 3.18. The molecule has 1 aromatic heterocycles. The molecule has 0 bridgehead atoms. The van der Waals surface area contributed by atoms with E-state index in [2.05, 4.69) is 5.32 Å². The van der Waals surface area contributed by atoms with Crippen LogP contribution in [0.15, 0.2) is 70.5 Å². The highest BCUT2D eigenvalue weighted by Crippen LogP contribution is 2.27. The van der Waals surface area contributed by atoms with Crippen molar-refractivity contribution in [1.82, 2.24) is 14.2 Å². The molecule has 1 aliphatic heterocycles. The molecule has 38 heavy (non-hydrogen) atoms. The van der Waals surface area contributed by atoms with Crippen LogP contribution in [0.5, 0.6) is 0 Å². The lowest BCUT2D eigenvalue weighted by Crippen LogP contribution is -2.41. The number of carbonyl (C=O) groups excluding carboxylic acids is 2. The molecule has 1 unspecified atom stereocenters. The van der Waals surface area contributed by atoms with E-state index in [1.54, 1.807) is 20.8 Å². The second-order valence-electron chi connectivity index (χ2n) is 10.1. The zero-order valence-corrected chi connectivity index (χ0v) is 22.4. The van der Waals surface area contributed by atoms with E-state index in [0.717, 1.165) is 5.56 Å². The zero-order chi connectivity index (χ0) is 27.5. The minimum Gasteiger partial charge on any atom is -0.444 e. The number of esters is 1. The lowest BCUT2D eigenvalue weighted by atomic mass is 10.2. The fourth-order valence-electron chi connectivity index (χ4n) is 4.25. The number of ether oxygens (including phenoxy) is 2. The van der Waals surface area contributed by atoms with Crippen molar-refractivity contribution in [1.29, 1.82) is 0 Å². The third-order valence-electron chi connectivity index (χ3n) is 6.02. The van der Waals surface area contributed by atoms with Gasteiger partial charge in [0, 0.05) is 36.1 Å². The Morgan fingerprint density at radius 1 is 1.03 bits per heavy atom. The summed E-state index contributed by atoms with van der Waals surface area (Å²) in [6, 6.07) is 14.7. The van der Waals surface area contributed by atoms with Crippen LogP contribution in [-0.2, 0) is 37.4 Å². The Morgan fingerprint density at radius 2 is 1.76 bits per heavy atom. The first-order valence-corrected chi connectivity index (χ1v) is 13.7. The van der Waals surface area contributed by atoms with Gasteiger partial charge in [-0.05, 0) is 51.0 Å². The number of fused-ring (bicyclic) bond motifs is 1. The Morgan fingerprint density at radius 3 is 2.47 bits per heavy atom. The van der Waals surface area contributed by atoms with Crippen LogP contribution < -0.4 is 10.9 Å². The van der Waals surface area contributed by atoms with E-state index in [-0.39, 0.29) is 41.9 Å². The minimum atomic E-state index is -3.95. The molecule has 1 aliphatic rings. The number of nitrogens with one attached hydrogen (secondary N) is 1. The molecular weight excluding hydrogens is 510 g/mol. The monoisotopic (exact) mass is 541 g/mol. The van der Waals surface area contributed by atoms with Crippen molar-refractivity contribution in [3.8, 4) is 0 Å². The third kappa shape index (κ3) is 6.40. The van der Waals surface area contributed by atoms with Gasteiger partial charge in [0.2, 0.25) is 10.0 Å². The number of carbonyl (C=O) groups is 2. The molecule has 1 atom stereocenters. The maximum absolute atomic E-state index is 13.5. The number of sulfonamides is 1. The van der Waals surface area contributed by atoms with Crippen LogP contribution in [0.3, 0.4) is 0 Å². The van der Waals surface area contributed by atoms with Gasteiger partial charge < -0.3 is 14.8 Å². The number of nitrogens with zero attached hydrogens (tertiary/aromatic N) is 2. The molecule has 1 fully saturated rings. The van der Waals surface area contributed by atoms with Crippen LogP contribution in [0, 0.1) is 0 Å². The van der Waals surface area contributed by atoms with E-state index in [4.69, 9.17) is 9.47 Å². The van der Waals surface area contributed by atoms with Gasteiger partial charge in [0.25, 0.3) is 5.56 Å². The smallest absolute Gasteiger partial charge is 0.407 e. The maximum atomic E-state index is 13.5. The Kier molecular flexibility index (Phi) is 7.89. The van der Waals surface area contributed by atoms with Crippen molar-refractivity contribution >= 4 is 32.9 Å². The third-order valence-corrected chi connectivity index (χ3v) is 7.95. The zero-order valence-electron chi connectivity index (χ0n) is 21.5. The number of pyridine rings is 1. The van der Waals surface area contributed by atoms with Gasteiger partial charge in [-0.25, -0.2) is 13.2 Å². The summed E-state index contributed by atoms with van der Waals surface area (Å²) >= 11 is 0. The van der Waals surface area contributed by atoms with E-state index < -0.39 is 39.3 Å². The number of hydrogen-bond acceptors (Lipinski definition) is 7. The number of amides is 1. The first-order valence-electron chi connectivity index (χ1n) is 12.3. The van der Waals surface area contributed by atoms with Crippen LogP contribution in [0.4, 0.5) is 4.79 Å². The van der Waals surface area contributed by atoms with Gasteiger partial charge in [-0.15, -0.1) is 0 Å². The Balaban J connectivity index is 1.48. The summed E-state index contributed by atoms with van der Waals surface area (Å²) in [6.45, 7) is 5.27. The summed E-state index contributed by atoms with van der Waals surface area (Å²) in [5.74, 6) is -0.483. The SMILES string of the molecule is CC(C)(C)OC(=O)NC1CCN(S(=O)(=O)c2cccc3c(=O)n(COC(=O)Cc4ccccc4)ccc23)C1. The highest BCUT2D eigenvalue weighted by Gasteiger charge is 2.35. The molecule has 2 heterocycles. The van der Waals surface area contributed by atoms with Crippen molar-refractivity contribution < 1.29 is 27.5 Å². The molecular formula is C27H31N3O7S. The molecule has 11 heteroatoms. The normalized spacial score (nSPS) is 16.3. The number of alkyl carbamates (subject to hydrolysis) is 1. The summed E-state index contributed by atoms with van der Waals surface area (Å²) in [6.07, 6.45) is 1.32. The summed E-state index contributed by atoms with van der Waals surface area (Å²) in [4.78, 5) is 37.4. The Bertz CT molecular complexity index is 1490. The first kappa shape index (κ1) is 27.3. The van der Waals surface area contributed by atoms with Gasteiger partial charge in [0.15, 0.2) is 6.73 Å². The second-order valence-corrected chi connectivity index (χ2v) is 12.0. The topological polar surface area (TPSA) is 124 Å². The van der Waals surface area contributed by atoms with Gasteiger partial charge in [0.1, 0.15) is 5.60 Å². The number of aromatic nitrogens is 1. The van der Waals surface area contributed by atoms with Crippen molar-refractivity contribution in [2.45, 2.75) is 56.9 Å². The first-order chi connectivity index (χ1) is 17.9. The van der Waals surface area contributed by atoms with Gasteiger partial charge >= 0.3 is 12.1 Å². The van der Waals surface area contributed by atoms with E-state index in [0.29, 0.717) is 6.42 Å². The molecule has 0 saturated carbocycles. The molecule has 10 nitrogen and oxygen atoms in total. The molecule has 202 valence electrons. The highest BCUT2D eigenvalue weighted by molar-refractivity contribution is 7.89. The van der Waals surface area contributed by atoms with Gasteiger partial charge in [-0.3, -0.25) is 14.2 Å². The fraction of sp³-hybridized carbons (Fsp3) is 0.370. The predicted octanol–water partition coefficient (Wildman–Crippen LogP) is 3.03. The van der Waals surface area contributed by atoms with Crippen LogP contribution in [0.1, 0.15) is 32.8 Å². The second kappa shape index (κ2) is 11.0. The molecule has 0 radical (unpaired) electrons. The molecule has 4 rings (SSSR count). The maximum Gasteiger partial charge on any atom is 0.407 e. The quantitative estimate of drug-likeness (QED) is 0.456. The number of benzene rings is 2. The average molecular weight is 542 g/mol. The van der Waals surface area contributed by atoms with Crippen molar-refractivity contribution in [2.75, 3.05) is 13.1 Å². The van der Waals surface area contributed by atoms with E-state index >= 15 is 0 Å². The molecule has 0 spiro atoms. The van der Waals surface area contributed by atoms with Crippen LogP contribution in [0.25, 0.3) is 10.8 Å². The van der Waals surface area contributed by atoms with E-state index in [1.807, 2.05) is 30.3 Å². The van der Waals surface area contributed by atoms with Crippen LogP contribution >= 0.6 is 0 Å². The Labute approximate surface area is 221 Å². The van der Waals surface area contributed by atoms with Gasteiger partial charge in [0.05, 0.1) is 11.3 Å². The van der Waals surface area contributed by atoms with E-state index in [1.165, 1.54) is 39.3 Å². The van der Waals surface area contributed by atoms with Crippen molar-refractivity contribution in [3.63, 3.8) is 0 Å². The van der Waals surface area contributed by atoms with Crippen molar-refractivity contribution in [2.24, 2.45) is 0 Å². The lowest BCUT2D eigenvalue weighted by Gasteiger charge is -2.22. The highest BCUT2D eigenvalue weighted by atomic mass is 32.2. The predicted molar refractivity (Wildman–Crippen MR) is 141 cm³/mol. The molecule has 1 N–H and O–H groups in total. The molecule has 1 amide bonds. The summed E-state index contributed by atoms with van der Waals surface area (Å²) in [7, 11) is -3.95. The van der Waals surface area contributed by atoms with Gasteiger partial charge in [-0.1, -0.05) is 36.4 Å². The largest absolute Gasteiger partial charge is 0.444 e. The number of hydrogen-bond donors (Lipinski definition) is 1. The molecule has 1 saturated heterocycles. The molecule has 3 aromatic rings. The average Bonchev–Trinajstić information content (AvgIpc) is 3.32. The molecule has 0 aliphatic carbocycles. The minimum absolute atomic E-state index is 0.00163. The Hall–Kier alpha value is -3.70. The summed E-state index contributed by atoms with van der Waals surface area (Å²) in [5.41, 5.74) is -0.341. The number of rotatable bonds is 7. The standard InChI is InChI=1S/C27H31N3O7S/c1-27(2,3)37-26(33)28-20-12-15-30(17-20)38(34,35)23-11-7-10-22-21(23)13-14-29(25(22)32)18-36-24(31)16-19-8-5-4-6-9-19/h4-11,13-14,20H,12,15-18H2,1-3H3,(H,28,33). The lowest BCUT2D eigenvalue weighted by molar-refractivity contribution is -0.146. The van der Waals surface area contributed by atoms with E-state index in [9.17, 15) is 22.8 Å². The van der Waals surface area contributed by atoms with Crippen molar-refractivity contribution in [3.05, 3.63) is 76.7 Å². The van der Waals surface area contributed by atoms with Crippen LogP contribution in [-0.4, -0.2) is 54.1 Å². The molecule has 2 aromatic carbocycles.